The topological polar surface area (TPSA) is 71.8 Å². The van der Waals surface area contributed by atoms with Crippen molar-refractivity contribution in [2.45, 2.75) is 16.4 Å². The SMILES string of the molecule is O=C(Nc1ccccc1Cl)C1Sc2nnc(-c3ccccc3)n2NC1c1ccc(F)cc1. The number of nitrogens with one attached hydrogen (secondary N) is 2. The van der Waals surface area contributed by atoms with Crippen LogP contribution in [0.5, 0.6) is 0 Å². The van der Waals surface area contributed by atoms with Gasteiger partial charge >= 0.3 is 0 Å². The highest BCUT2D eigenvalue weighted by molar-refractivity contribution is 8.00. The number of hydrogen-bond donors (Lipinski definition) is 2. The van der Waals surface area contributed by atoms with Crippen LogP contribution in [0.3, 0.4) is 0 Å². The van der Waals surface area contributed by atoms with E-state index < -0.39 is 11.3 Å². The van der Waals surface area contributed by atoms with E-state index in [1.165, 1.54) is 23.9 Å². The molecule has 160 valence electrons. The van der Waals surface area contributed by atoms with E-state index in [1.807, 2.05) is 30.3 Å². The fraction of sp³-hybridized carbons (Fsp3) is 0.0870. The maximum atomic E-state index is 13.6. The van der Waals surface area contributed by atoms with Gasteiger partial charge in [-0.2, -0.15) is 0 Å². The average Bonchev–Trinajstić information content (AvgIpc) is 3.24. The molecule has 1 aliphatic heterocycles. The zero-order valence-corrected chi connectivity index (χ0v) is 18.1. The molecule has 1 aliphatic rings. The Morgan fingerprint density at radius 3 is 2.47 bits per heavy atom. The third-order valence-corrected chi connectivity index (χ3v) is 6.63. The Balaban J connectivity index is 1.52. The first-order valence-electron chi connectivity index (χ1n) is 9.85. The Hall–Kier alpha value is -3.36. The van der Waals surface area contributed by atoms with Gasteiger partial charge in [0.05, 0.1) is 16.8 Å². The standard InChI is InChI=1S/C23H17ClFN5OS/c24-17-8-4-5-9-18(17)26-22(31)20-19(14-10-12-16(25)13-11-14)29-30-21(27-28-23(30)32-20)15-6-2-1-3-7-15/h1-13,19-20,29H,(H,26,31). The van der Waals surface area contributed by atoms with Crippen molar-refractivity contribution in [2.75, 3.05) is 10.7 Å². The highest BCUT2D eigenvalue weighted by Gasteiger charge is 2.38. The van der Waals surface area contributed by atoms with E-state index in [0.717, 1.165) is 11.1 Å². The molecule has 0 aliphatic carbocycles. The van der Waals surface area contributed by atoms with E-state index in [1.54, 1.807) is 41.1 Å². The zero-order chi connectivity index (χ0) is 22.1. The van der Waals surface area contributed by atoms with E-state index in [2.05, 4.69) is 20.9 Å². The van der Waals surface area contributed by atoms with Crippen molar-refractivity contribution in [2.24, 2.45) is 0 Å². The summed E-state index contributed by atoms with van der Waals surface area (Å²) in [6, 6.07) is 22.3. The van der Waals surface area contributed by atoms with E-state index in [-0.39, 0.29) is 11.7 Å². The maximum absolute atomic E-state index is 13.6. The summed E-state index contributed by atoms with van der Waals surface area (Å²) in [4.78, 5) is 13.3. The molecule has 0 saturated carbocycles. The molecule has 5 rings (SSSR count). The molecule has 2 N–H and O–H groups in total. The summed E-state index contributed by atoms with van der Waals surface area (Å²) in [6.45, 7) is 0. The number of rotatable bonds is 4. The van der Waals surface area contributed by atoms with Crippen molar-refractivity contribution in [3.8, 4) is 11.4 Å². The summed E-state index contributed by atoms with van der Waals surface area (Å²) < 4.78 is 15.3. The van der Waals surface area contributed by atoms with Crippen molar-refractivity contribution in [1.82, 2.24) is 14.9 Å². The molecule has 6 nitrogen and oxygen atoms in total. The molecule has 4 aromatic rings. The van der Waals surface area contributed by atoms with E-state index in [4.69, 9.17) is 11.6 Å². The van der Waals surface area contributed by atoms with Gasteiger partial charge in [-0.3, -0.25) is 4.79 Å². The summed E-state index contributed by atoms with van der Waals surface area (Å²) in [5.41, 5.74) is 5.53. The van der Waals surface area contributed by atoms with E-state index in [9.17, 15) is 9.18 Å². The predicted octanol–water partition coefficient (Wildman–Crippen LogP) is 5.14. The van der Waals surface area contributed by atoms with Gasteiger partial charge in [-0.05, 0) is 29.8 Å². The van der Waals surface area contributed by atoms with Crippen LogP contribution in [0.25, 0.3) is 11.4 Å². The Kier molecular flexibility index (Phi) is 5.55. The number of hydrogen-bond acceptors (Lipinski definition) is 5. The summed E-state index contributed by atoms with van der Waals surface area (Å²) in [5.74, 6) is 0.0369. The molecule has 2 unspecified atom stereocenters. The van der Waals surface area contributed by atoms with Crippen LogP contribution in [-0.2, 0) is 4.79 Å². The highest BCUT2D eigenvalue weighted by Crippen LogP contribution is 2.39. The monoisotopic (exact) mass is 465 g/mol. The Labute approximate surface area is 192 Å². The number of halogens is 2. The number of nitrogens with zero attached hydrogens (tertiary/aromatic N) is 3. The average molecular weight is 466 g/mol. The van der Waals surface area contributed by atoms with Gasteiger partial charge in [0.1, 0.15) is 11.1 Å². The molecule has 3 aromatic carbocycles. The van der Waals surface area contributed by atoms with Crippen LogP contribution in [0.2, 0.25) is 5.02 Å². The number of carbonyl (C=O) groups excluding carboxylic acids is 1. The summed E-state index contributed by atoms with van der Waals surface area (Å²) >= 11 is 7.52. The van der Waals surface area contributed by atoms with E-state index in [0.29, 0.717) is 21.7 Å². The number of amides is 1. The molecule has 0 fully saturated rings. The highest BCUT2D eigenvalue weighted by atomic mass is 35.5. The van der Waals surface area contributed by atoms with Crippen molar-refractivity contribution in [1.29, 1.82) is 0 Å². The van der Waals surface area contributed by atoms with Crippen molar-refractivity contribution in [3.63, 3.8) is 0 Å². The molecule has 2 heterocycles. The van der Waals surface area contributed by atoms with Gasteiger partial charge in [-0.1, -0.05) is 78.0 Å². The number of thioether (sulfide) groups is 1. The Bertz CT molecular complexity index is 1270. The van der Waals surface area contributed by atoms with Gasteiger partial charge in [-0.25, -0.2) is 9.07 Å². The van der Waals surface area contributed by atoms with Gasteiger partial charge in [0.15, 0.2) is 5.82 Å². The number of benzene rings is 3. The Morgan fingerprint density at radius 2 is 1.72 bits per heavy atom. The number of fused-ring (bicyclic) bond motifs is 1. The van der Waals surface area contributed by atoms with Gasteiger partial charge < -0.3 is 10.7 Å². The van der Waals surface area contributed by atoms with Gasteiger partial charge in [-0.15, -0.1) is 10.2 Å². The van der Waals surface area contributed by atoms with Gasteiger partial charge in [0, 0.05) is 5.56 Å². The van der Waals surface area contributed by atoms with Gasteiger partial charge in [0.25, 0.3) is 0 Å². The minimum atomic E-state index is -0.600. The van der Waals surface area contributed by atoms with Crippen LogP contribution in [0.1, 0.15) is 11.6 Å². The van der Waals surface area contributed by atoms with Crippen molar-refractivity contribution >= 4 is 35.0 Å². The molecular formula is C23H17ClFN5OS. The molecule has 1 aromatic heterocycles. The Morgan fingerprint density at radius 1 is 1.00 bits per heavy atom. The normalized spacial score (nSPS) is 17.3. The summed E-state index contributed by atoms with van der Waals surface area (Å²) in [7, 11) is 0. The number of para-hydroxylation sites is 1. The molecule has 0 bridgehead atoms. The number of aromatic nitrogens is 3. The molecule has 9 heteroatoms. The fourth-order valence-corrected chi connectivity index (χ4v) is 4.78. The lowest BCUT2D eigenvalue weighted by Gasteiger charge is -2.33. The lowest BCUT2D eigenvalue weighted by Crippen LogP contribution is -2.41. The fourth-order valence-electron chi connectivity index (χ4n) is 3.52. The first-order valence-corrected chi connectivity index (χ1v) is 11.1. The van der Waals surface area contributed by atoms with Crippen LogP contribution < -0.4 is 10.7 Å². The van der Waals surface area contributed by atoms with Crippen LogP contribution in [-0.4, -0.2) is 26.0 Å². The number of anilines is 1. The van der Waals surface area contributed by atoms with E-state index >= 15 is 0 Å². The molecular weight excluding hydrogens is 449 g/mol. The maximum Gasteiger partial charge on any atom is 0.240 e. The summed E-state index contributed by atoms with van der Waals surface area (Å²) in [5, 5.41) is 11.9. The second-order valence-corrected chi connectivity index (χ2v) is 8.69. The summed E-state index contributed by atoms with van der Waals surface area (Å²) in [6.07, 6.45) is 0. The smallest absolute Gasteiger partial charge is 0.240 e. The third-order valence-electron chi connectivity index (χ3n) is 5.09. The van der Waals surface area contributed by atoms with Gasteiger partial charge in [0.2, 0.25) is 11.1 Å². The molecule has 2 atom stereocenters. The van der Waals surface area contributed by atoms with Crippen LogP contribution in [0, 0.1) is 5.82 Å². The minimum absolute atomic E-state index is 0.250. The third kappa shape index (κ3) is 3.94. The first-order chi connectivity index (χ1) is 15.6. The minimum Gasteiger partial charge on any atom is -0.324 e. The largest absolute Gasteiger partial charge is 0.324 e. The molecule has 0 spiro atoms. The molecule has 1 amide bonds. The lowest BCUT2D eigenvalue weighted by molar-refractivity contribution is -0.116. The van der Waals surface area contributed by atoms with Crippen LogP contribution >= 0.6 is 23.4 Å². The molecule has 0 radical (unpaired) electrons. The van der Waals surface area contributed by atoms with Crippen LogP contribution in [0.15, 0.2) is 84.0 Å². The number of carbonyl (C=O) groups is 1. The second kappa shape index (κ2) is 8.64. The second-order valence-electron chi connectivity index (χ2n) is 7.17. The first kappa shape index (κ1) is 20.5. The quantitative estimate of drug-likeness (QED) is 0.437. The van der Waals surface area contributed by atoms with Crippen molar-refractivity contribution < 1.29 is 9.18 Å². The molecule has 0 saturated heterocycles. The lowest BCUT2D eigenvalue weighted by atomic mass is 10.0. The predicted molar refractivity (Wildman–Crippen MR) is 124 cm³/mol. The van der Waals surface area contributed by atoms with Crippen LogP contribution in [0.4, 0.5) is 10.1 Å². The van der Waals surface area contributed by atoms with Crippen molar-refractivity contribution in [3.05, 3.63) is 95.3 Å². The molecule has 32 heavy (non-hydrogen) atoms. The zero-order valence-electron chi connectivity index (χ0n) is 16.6.